The summed E-state index contributed by atoms with van der Waals surface area (Å²) in [6.07, 6.45) is 1.39. The highest BCUT2D eigenvalue weighted by Crippen LogP contribution is 2.09. The minimum absolute atomic E-state index is 0.0811. The van der Waals surface area contributed by atoms with E-state index in [2.05, 4.69) is 5.10 Å². The van der Waals surface area contributed by atoms with Crippen LogP contribution in [0.2, 0.25) is 0 Å². The molecule has 1 aromatic carbocycles. The Bertz CT molecular complexity index is 747. The van der Waals surface area contributed by atoms with Gasteiger partial charge in [-0.15, -0.1) is 0 Å². The molecule has 0 aliphatic carbocycles. The molecule has 112 valence electrons. The molecule has 8 nitrogen and oxygen atoms in total. The molecule has 0 N–H and O–H groups in total. The molecule has 0 aliphatic rings. The molecule has 0 spiro atoms. The van der Waals surface area contributed by atoms with Crippen molar-refractivity contribution < 1.29 is 9.72 Å². The van der Waals surface area contributed by atoms with Crippen molar-refractivity contribution in [2.24, 2.45) is 0 Å². The number of rotatable bonds is 5. The first-order valence-electron chi connectivity index (χ1n) is 6.40. The van der Waals surface area contributed by atoms with Crippen molar-refractivity contribution in [3.8, 4) is 6.07 Å². The topological polar surface area (TPSA) is 105 Å². The van der Waals surface area contributed by atoms with Crippen molar-refractivity contribution in [3.05, 3.63) is 57.8 Å². The van der Waals surface area contributed by atoms with E-state index in [1.807, 2.05) is 12.1 Å². The summed E-state index contributed by atoms with van der Waals surface area (Å²) in [7, 11) is 1.62. The van der Waals surface area contributed by atoms with Gasteiger partial charge in [0.25, 0.3) is 0 Å². The number of benzene rings is 1. The van der Waals surface area contributed by atoms with Gasteiger partial charge in [-0.2, -0.15) is 9.94 Å². The van der Waals surface area contributed by atoms with Gasteiger partial charge in [0.1, 0.15) is 6.54 Å². The number of carbonyl (C=O) groups excluding carboxylic acids is 1. The molecule has 2 rings (SSSR count). The maximum atomic E-state index is 12.1. The Balaban J connectivity index is 1.99. The van der Waals surface area contributed by atoms with Crippen molar-refractivity contribution in [3.63, 3.8) is 0 Å². The predicted octanol–water partition coefficient (Wildman–Crippen LogP) is 1.32. The molecule has 22 heavy (non-hydrogen) atoms. The summed E-state index contributed by atoms with van der Waals surface area (Å²) in [5.74, 6) is -0.530. The molecule has 0 saturated carbocycles. The normalized spacial score (nSPS) is 10.0. The lowest BCUT2D eigenvalue weighted by atomic mass is 10.1. The Kier molecular flexibility index (Phi) is 4.48. The van der Waals surface area contributed by atoms with E-state index in [1.165, 1.54) is 21.8 Å². The Morgan fingerprint density at radius 1 is 1.50 bits per heavy atom. The van der Waals surface area contributed by atoms with E-state index in [0.717, 1.165) is 5.56 Å². The molecule has 1 heterocycles. The van der Waals surface area contributed by atoms with Crippen molar-refractivity contribution in [1.82, 2.24) is 14.7 Å². The average Bonchev–Trinajstić information content (AvgIpc) is 2.96. The maximum Gasteiger partial charge on any atom is 0.389 e. The van der Waals surface area contributed by atoms with E-state index < -0.39 is 4.92 Å². The SMILES string of the molecule is CN(Cc1cccc(C#N)c1)C(=O)Cn1ccc([N+](=O)[O-])n1. The highest BCUT2D eigenvalue weighted by molar-refractivity contribution is 5.75. The third-order valence-electron chi connectivity index (χ3n) is 3.01. The lowest BCUT2D eigenvalue weighted by molar-refractivity contribution is -0.389. The van der Waals surface area contributed by atoms with Gasteiger partial charge in [-0.25, -0.2) is 0 Å². The van der Waals surface area contributed by atoms with Crippen LogP contribution in [0, 0.1) is 21.4 Å². The Morgan fingerprint density at radius 3 is 2.91 bits per heavy atom. The zero-order chi connectivity index (χ0) is 16.1. The van der Waals surface area contributed by atoms with Crippen LogP contribution in [0.25, 0.3) is 0 Å². The number of amides is 1. The van der Waals surface area contributed by atoms with Crippen LogP contribution in [0.15, 0.2) is 36.5 Å². The van der Waals surface area contributed by atoms with Gasteiger partial charge >= 0.3 is 5.82 Å². The fourth-order valence-corrected chi connectivity index (χ4v) is 1.90. The second kappa shape index (κ2) is 6.49. The number of nitro groups is 1. The van der Waals surface area contributed by atoms with Gasteiger partial charge in [0.15, 0.2) is 0 Å². The fourth-order valence-electron chi connectivity index (χ4n) is 1.90. The first-order chi connectivity index (χ1) is 10.5. The number of hydrogen-bond acceptors (Lipinski definition) is 5. The molecule has 8 heteroatoms. The van der Waals surface area contributed by atoms with Crippen LogP contribution in [0.3, 0.4) is 0 Å². The highest BCUT2D eigenvalue weighted by Gasteiger charge is 2.16. The van der Waals surface area contributed by atoms with E-state index in [-0.39, 0.29) is 18.3 Å². The number of carbonyl (C=O) groups is 1. The lowest BCUT2D eigenvalue weighted by Crippen LogP contribution is -2.30. The molecule has 0 bridgehead atoms. The van der Waals surface area contributed by atoms with Crippen LogP contribution in [0.1, 0.15) is 11.1 Å². The molecule has 0 atom stereocenters. The fraction of sp³-hybridized carbons (Fsp3) is 0.214. The molecule has 0 unspecified atom stereocenters. The lowest BCUT2D eigenvalue weighted by Gasteiger charge is -2.16. The van der Waals surface area contributed by atoms with Gasteiger partial charge in [0.05, 0.1) is 29.0 Å². The van der Waals surface area contributed by atoms with Crippen LogP contribution in [-0.4, -0.2) is 32.6 Å². The van der Waals surface area contributed by atoms with E-state index >= 15 is 0 Å². The molecule has 0 radical (unpaired) electrons. The second-order valence-electron chi connectivity index (χ2n) is 4.69. The van der Waals surface area contributed by atoms with Crippen LogP contribution < -0.4 is 0 Å². The third-order valence-corrected chi connectivity index (χ3v) is 3.01. The number of nitrogens with zero attached hydrogens (tertiary/aromatic N) is 5. The van der Waals surface area contributed by atoms with Crippen LogP contribution in [0.4, 0.5) is 5.82 Å². The Morgan fingerprint density at radius 2 is 2.27 bits per heavy atom. The summed E-state index contributed by atoms with van der Waals surface area (Å²) in [5, 5.41) is 23.1. The summed E-state index contributed by atoms with van der Waals surface area (Å²) in [6, 6.07) is 10.3. The van der Waals surface area contributed by atoms with Gasteiger partial charge in [0.2, 0.25) is 5.91 Å². The Labute approximate surface area is 126 Å². The largest absolute Gasteiger partial charge is 0.389 e. The molecular weight excluding hydrogens is 286 g/mol. The van der Waals surface area contributed by atoms with Crippen LogP contribution >= 0.6 is 0 Å². The van der Waals surface area contributed by atoms with Gasteiger partial charge in [-0.05, 0) is 22.6 Å². The predicted molar refractivity (Wildman–Crippen MR) is 76.5 cm³/mol. The summed E-state index contributed by atoms with van der Waals surface area (Å²) < 4.78 is 1.22. The van der Waals surface area contributed by atoms with Crippen molar-refractivity contribution in [1.29, 1.82) is 5.26 Å². The average molecular weight is 299 g/mol. The molecule has 0 saturated heterocycles. The zero-order valence-electron chi connectivity index (χ0n) is 11.8. The second-order valence-corrected chi connectivity index (χ2v) is 4.69. The number of hydrogen-bond donors (Lipinski definition) is 0. The number of aromatic nitrogens is 2. The van der Waals surface area contributed by atoms with E-state index in [1.54, 1.807) is 25.2 Å². The van der Waals surface area contributed by atoms with Crippen LogP contribution in [0.5, 0.6) is 0 Å². The molecular formula is C14H13N5O3. The molecule has 1 amide bonds. The minimum atomic E-state index is -0.613. The summed E-state index contributed by atoms with van der Waals surface area (Å²) in [4.78, 5) is 23.5. The standard InChI is InChI=1S/C14H13N5O3/c1-17(9-12-4-2-3-11(7-12)8-15)14(20)10-18-6-5-13(16-18)19(21)22/h2-7H,9-10H2,1H3. The van der Waals surface area contributed by atoms with E-state index in [0.29, 0.717) is 12.1 Å². The monoisotopic (exact) mass is 299 g/mol. The minimum Gasteiger partial charge on any atom is -0.358 e. The van der Waals surface area contributed by atoms with Gasteiger partial charge < -0.3 is 15.0 Å². The quantitative estimate of drug-likeness (QED) is 0.611. The van der Waals surface area contributed by atoms with Crippen LogP contribution in [-0.2, 0) is 17.9 Å². The number of nitriles is 1. The van der Waals surface area contributed by atoms with Crippen molar-refractivity contribution in [2.75, 3.05) is 7.05 Å². The smallest absolute Gasteiger partial charge is 0.358 e. The van der Waals surface area contributed by atoms with E-state index in [9.17, 15) is 14.9 Å². The summed E-state index contributed by atoms with van der Waals surface area (Å²) in [5.41, 5.74) is 1.36. The molecule has 0 aliphatic heterocycles. The maximum absolute atomic E-state index is 12.1. The molecule has 1 aromatic heterocycles. The van der Waals surface area contributed by atoms with Gasteiger partial charge in [-0.3, -0.25) is 4.79 Å². The first kappa shape index (κ1) is 15.2. The van der Waals surface area contributed by atoms with Crippen molar-refractivity contribution >= 4 is 11.7 Å². The highest BCUT2D eigenvalue weighted by atomic mass is 16.6. The van der Waals surface area contributed by atoms with Crippen molar-refractivity contribution in [2.45, 2.75) is 13.1 Å². The summed E-state index contributed by atoms with van der Waals surface area (Å²) >= 11 is 0. The Hall–Kier alpha value is -3.21. The molecule has 2 aromatic rings. The van der Waals surface area contributed by atoms with Gasteiger partial charge in [-0.1, -0.05) is 12.1 Å². The zero-order valence-corrected chi connectivity index (χ0v) is 11.8. The third kappa shape index (κ3) is 3.67. The van der Waals surface area contributed by atoms with E-state index in [4.69, 9.17) is 5.26 Å². The summed E-state index contributed by atoms with van der Waals surface area (Å²) in [6.45, 7) is 0.264. The molecule has 0 fully saturated rings. The first-order valence-corrected chi connectivity index (χ1v) is 6.40. The van der Waals surface area contributed by atoms with Gasteiger partial charge in [0, 0.05) is 13.6 Å². The number of likely N-dealkylation sites (N-methyl/N-ethyl adjacent to an activating group) is 1.